The lowest BCUT2D eigenvalue weighted by Crippen LogP contribution is -2.11. The zero-order valence-electron chi connectivity index (χ0n) is 26.5. The molecule has 0 aliphatic carbocycles. The molecule has 0 aliphatic heterocycles. The Morgan fingerprint density at radius 1 is 0.860 bits per heavy atom. The molecule has 0 spiro atoms. The van der Waals surface area contributed by atoms with Crippen LogP contribution in [0.1, 0.15) is 91.6 Å². The highest BCUT2D eigenvalue weighted by Gasteiger charge is 2.23. The van der Waals surface area contributed by atoms with E-state index >= 15 is 0 Å². The van der Waals surface area contributed by atoms with Crippen molar-refractivity contribution in [1.29, 1.82) is 0 Å². The number of unbranched alkanes of at least 4 members (excludes halogenated alkanes) is 1. The van der Waals surface area contributed by atoms with E-state index in [0.29, 0.717) is 17.2 Å². The van der Waals surface area contributed by atoms with Crippen LogP contribution in [0.5, 0.6) is 0 Å². The second-order valence-corrected chi connectivity index (χ2v) is 12.0. The fraction of sp³-hybridized carbons (Fsp3) is 0.342. The Balaban J connectivity index is 1.83. The number of nitrogens with zero attached hydrogens (tertiary/aromatic N) is 2. The number of oxime groups is 1. The van der Waals surface area contributed by atoms with Crippen molar-refractivity contribution in [2.75, 3.05) is 0 Å². The Bertz CT molecular complexity index is 1870. The van der Waals surface area contributed by atoms with Crippen molar-refractivity contribution in [3.63, 3.8) is 0 Å². The van der Waals surface area contributed by atoms with Gasteiger partial charge in [-0.1, -0.05) is 86.3 Å². The molecule has 4 aromatic carbocycles. The second kappa shape index (κ2) is 12.5. The van der Waals surface area contributed by atoms with Gasteiger partial charge in [0.1, 0.15) is 0 Å². The molecular formula is C38H42N2O3. The van der Waals surface area contributed by atoms with Gasteiger partial charge in [-0.05, 0) is 80.3 Å². The highest BCUT2D eigenvalue weighted by Crippen LogP contribution is 2.39. The first-order chi connectivity index (χ1) is 20.6. The van der Waals surface area contributed by atoms with E-state index in [-0.39, 0.29) is 5.78 Å². The molecule has 222 valence electrons. The molecule has 0 radical (unpaired) electrons. The van der Waals surface area contributed by atoms with Crippen molar-refractivity contribution >= 4 is 50.0 Å². The molecule has 0 N–H and O–H groups in total. The van der Waals surface area contributed by atoms with Crippen LogP contribution in [0.2, 0.25) is 0 Å². The molecular weight excluding hydrogens is 532 g/mol. The summed E-state index contributed by atoms with van der Waals surface area (Å²) >= 11 is 0. The molecule has 1 aromatic heterocycles. The molecule has 0 aliphatic rings. The summed E-state index contributed by atoms with van der Waals surface area (Å²) in [6.07, 6.45) is 4.68. The van der Waals surface area contributed by atoms with Crippen LogP contribution >= 0.6 is 0 Å². The number of fused-ring (bicyclic) bond motifs is 5. The predicted octanol–water partition coefficient (Wildman–Crippen LogP) is 9.61. The van der Waals surface area contributed by atoms with Gasteiger partial charge in [-0.25, -0.2) is 4.79 Å². The maximum absolute atomic E-state index is 14.4. The van der Waals surface area contributed by atoms with Crippen LogP contribution in [0.25, 0.3) is 32.6 Å². The van der Waals surface area contributed by atoms with E-state index in [0.717, 1.165) is 73.4 Å². The van der Waals surface area contributed by atoms with Crippen molar-refractivity contribution in [1.82, 2.24) is 4.57 Å². The van der Waals surface area contributed by atoms with Gasteiger partial charge in [0.15, 0.2) is 5.78 Å². The van der Waals surface area contributed by atoms with E-state index < -0.39 is 5.97 Å². The number of hydrogen-bond donors (Lipinski definition) is 0. The van der Waals surface area contributed by atoms with Gasteiger partial charge in [0.2, 0.25) is 0 Å². The number of benzene rings is 4. The summed E-state index contributed by atoms with van der Waals surface area (Å²) < 4.78 is 2.47. The third-order valence-electron chi connectivity index (χ3n) is 8.73. The topological polar surface area (TPSA) is 60.7 Å². The summed E-state index contributed by atoms with van der Waals surface area (Å²) in [5.41, 5.74) is 8.41. The smallest absolute Gasteiger partial charge is 0.331 e. The SMILES string of the molecule is CCCCC(CC)Cn1c2ccc(/C(C)=N/OC(C)=O)cc2c2cc(C(=O)c3c(C)cc(C)cc3C)c3ccccc3c21. The Morgan fingerprint density at radius 2 is 1.56 bits per heavy atom. The predicted molar refractivity (Wildman–Crippen MR) is 178 cm³/mol. The Hall–Kier alpha value is -4.25. The molecule has 5 nitrogen and oxygen atoms in total. The third-order valence-corrected chi connectivity index (χ3v) is 8.73. The summed E-state index contributed by atoms with van der Waals surface area (Å²) in [6, 6.07) is 20.9. The minimum absolute atomic E-state index is 0.0483. The molecule has 5 rings (SSSR count). The molecule has 1 unspecified atom stereocenters. The minimum Gasteiger partial charge on any atom is -0.340 e. The maximum Gasteiger partial charge on any atom is 0.331 e. The number of aryl methyl sites for hydroxylation is 3. The van der Waals surface area contributed by atoms with Crippen LogP contribution in [-0.4, -0.2) is 22.0 Å². The fourth-order valence-electron chi connectivity index (χ4n) is 6.60. The number of carbonyl (C=O) groups is 2. The number of ketones is 1. The minimum atomic E-state index is -0.453. The quantitative estimate of drug-likeness (QED) is 0.0722. The average Bonchev–Trinajstić information content (AvgIpc) is 3.29. The van der Waals surface area contributed by atoms with Gasteiger partial charge in [-0.2, -0.15) is 0 Å². The molecule has 0 bridgehead atoms. The Morgan fingerprint density at radius 3 is 2.21 bits per heavy atom. The van der Waals surface area contributed by atoms with E-state index in [1.54, 1.807) is 0 Å². The molecule has 1 heterocycles. The Labute approximate surface area is 254 Å². The van der Waals surface area contributed by atoms with Crippen molar-refractivity contribution in [3.8, 4) is 0 Å². The van der Waals surface area contributed by atoms with Gasteiger partial charge in [0, 0.05) is 46.3 Å². The molecule has 0 amide bonds. The van der Waals surface area contributed by atoms with Crippen LogP contribution in [0.3, 0.4) is 0 Å². The number of hydrogen-bond acceptors (Lipinski definition) is 4. The van der Waals surface area contributed by atoms with Gasteiger partial charge in [-0.15, -0.1) is 0 Å². The first-order valence-corrected chi connectivity index (χ1v) is 15.5. The van der Waals surface area contributed by atoms with Crippen molar-refractivity contribution in [3.05, 3.63) is 94.0 Å². The number of rotatable bonds is 10. The molecule has 43 heavy (non-hydrogen) atoms. The highest BCUT2D eigenvalue weighted by atomic mass is 16.7. The van der Waals surface area contributed by atoms with Crippen LogP contribution in [-0.2, 0) is 16.2 Å². The third kappa shape index (κ3) is 5.86. The summed E-state index contributed by atoms with van der Waals surface area (Å²) in [7, 11) is 0. The summed E-state index contributed by atoms with van der Waals surface area (Å²) in [4.78, 5) is 30.8. The van der Waals surface area contributed by atoms with E-state index in [4.69, 9.17) is 4.84 Å². The van der Waals surface area contributed by atoms with Crippen LogP contribution in [0.15, 0.2) is 65.8 Å². The summed E-state index contributed by atoms with van der Waals surface area (Å²) in [5.74, 6) is 0.141. The van der Waals surface area contributed by atoms with Crippen molar-refractivity contribution < 1.29 is 14.4 Å². The van der Waals surface area contributed by atoms with Crippen LogP contribution in [0.4, 0.5) is 0 Å². The fourth-order valence-corrected chi connectivity index (χ4v) is 6.60. The van der Waals surface area contributed by atoms with E-state index in [1.807, 2.05) is 32.9 Å². The molecule has 5 aromatic rings. The van der Waals surface area contributed by atoms with Crippen molar-refractivity contribution in [2.45, 2.75) is 80.7 Å². The van der Waals surface area contributed by atoms with Gasteiger partial charge in [0.25, 0.3) is 0 Å². The molecule has 0 saturated carbocycles. The summed E-state index contributed by atoms with van der Waals surface area (Å²) in [6.45, 7) is 14.7. The first-order valence-electron chi connectivity index (χ1n) is 15.5. The first kappa shape index (κ1) is 30.2. The lowest BCUT2D eigenvalue weighted by molar-refractivity contribution is -0.140. The lowest BCUT2D eigenvalue weighted by atomic mass is 9.89. The molecule has 1 atom stereocenters. The zero-order chi connectivity index (χ0) is 30.8. The lowest BCUT2D eigenvalue weighted by Gasteiger charge is -2.19. The normalized spacial score (nSPS) is 12.8. The van der Waals surface area contributed by atoms with Crippen LogP contribution in [0, 0.1) is 26.7 Å². The molecule has 5 heteroatoms. The van der Waals surface area contributed by atoms with E-state index in [9.17, 15) is 9.59 Å². The van der Waals surface area contributed by atoms with Crippen molar-refractivity contribution in [2.24, 2.45) is 11.1 Å². The van der Waals surface area contributed by atoms with E-state index in [1.165, 1.54) is 26.2 Å². The number of carbonyl (C=O) groups excluding carboxylic acids is 2. The second-order valence-electron chi connectivity index (χ2n) is 12.0. The van der Waals surface area contributed by atoms with Gasteiger partial charge in [-0.3, -0.25) is 4.79 Å². The standard InChI is InChI=1S/C38H42N2O3/c1-8-10-13-28(9-2)22-40-35-17-16-29(26(6)39-43-27(7)41)20-32(35)33-21-34(30-14-11-12-15-31(30)37(33)40)38(42)36-24(4)18-23(3)19-25(36)5/h11-12,14-21,28H,8-10,13,22H2,1-7H3/b39-26+. The van der Waals surface area contributed by atoms with Gasteiger partial charge in [0.05, 0.1) is 11.2 Å². The molecule has 0 saturated heterocycles. The Kier molecular flexibility index (Phi) is 8.82. The zero-order valence-corrected chi connectivity index (χ0v) is 26.5. The van der Waals surface area contributed by atoms with Gasteiger partial charge >= 0.3 is 5.97 Å². The maximum atomic E-state index is 14.4. The van der Waals surface area contributed by atoms with E-state index in [2.05, 4.69) is 79.0 Å². The monoisotopic (exact) mass is 574 g/mol. The molecule has 0 fully saturated rings. The largest absolute Gasteiger partial charge is 0.340 e. The van der Waals surface area contributed by atoms with Crippen LogP contribution < -0.4 is 0 Å². The number of aromatic nitrogens is 1. The highest BCUT2D eigenvalue weighted by molar-refractivity contribution is 6.26. The average molecular weight is 575 g/mol. The summed E-state index contributed by atoms with van der Waals surface area (Å²) in [5, 5.41) is 8.21. The van der Waals surface area contributed by atoms with Gasteiger partial charge < -0.3 is 9.40 Å².